The van der Waals surface area contributed by atoms with E-state index in [1.165, 1.54) is 0 Å². The van der Waals surface area contributed by atoms with E-state index in [0.717, 1.165) is 6.42 Å². The maximum atomic E-state index is 12.7. The van der Waals surface area contributed by atoms with E-state index in [1.807, 2.05) is 6.92 Å². The first-order valence-electron chi connectivity index (χ1n) is 9.64. The van der Waals surface area contributed by atoms with Crippen molar-refractivity contribution in [1.82, 2.24) is 15.5 Å². The molecule has 0 radical (unpaired) electrons. The van der Waals surface area contributed by atoms with E-state index in [-0.39, 0.29) is 23.5 Å². The van der Waals surface area contributed by atoms with E-state index in [0.29, 0.717) is 31.0 Å². The zero-order valence-corrected chi connectivity index (χ0v) is 17.7. The summed E-state index contributed by atoms with van der Waals surface area (Å²) in [5, 5.41) is 5.45. The number of benzene rings is 1. The van der Waals surface area contributed by atoms with E-state index >= 15 is 0 Å². The first-order valence-corrected chi connectivity index (χ1v) is 10.0. The van der Waals surface area contributed by atoms with Crippen LogP contribution >= 0.6 is 12.2 Å². The predicted octanol–water partition coefficient (Wildman–Crippen LogP) is 1.63. The molecule has 0 spiro atoms. The van der Waals surface area contributed by atoms with Gasteiger partial charge >= 0.3 is 5.97 Å². The van der Waals surface area contributed by atoms with Crippen LogP contribution in [0.15, 0.2) is 24.3 Å². The zero-order chi connectivity index (χ0) is 21.4. The molecule has 158 valence electrons. The molecule has 29 heavy (non-hydrogen) atoms. The zero-order valence-electron chi connectivity index (χ0n) is 16.9. The molecule has 1 aromatic rings. The van der Waals surface area contributed by atoms with E-state index in [4.69, 9.17) is 21.7 Å². The van der Waals surface area contributed by atoms with Crippen molar-refractivity contribution in [3.05, 3.63) is 29.8 Å². The number of carbonyl (C=O) groups is 3. The Bertz CT molecular complexity index is 768. The van der Waals surface area contributed by atoms with Gasteiger partial charge in [0.05, 0.1) is 24.7 Å². The summed E-state index contributed by atoms with van der Waals surface area (Å²) in [5.41, 5.74) is 0.348. The minimum absolute atomic E-state index is 0.0810. The van der Waals surface area contributed by atoms with Gasteiger partial charge in [-0.25, -0.2) is 0 Å². The van der Waals surface area contributed by atoms with Gasteiger partial charge in [-0.2, -0.15) is 0 Å². The number of nitrogens with one attached hydrogen (secondary N) is 2. The van der Waals surface area contributed by atoms with Gasteiger partial charge in [0, 0.05) is 13.1 Å². The lowest BCUT2D eigenvalue weighted by Crippen LogP contribution is -2.60. The van der Waals surface area contributed by atoms with Crippen LogP contribution in [-0.4, -0.2) is 59.6 Å². The van der Waals surface area contributed by atoms with Crippen molar-refractivity contribution in [3.8, 4) is 5.75 Å². The second-order valence-electron chi connectivity index (χ2n) is 6.85. The summed E-state index contributed by atoms with van der Waals surface area (Å²) in [4.78, 5) is 38.6. The van der Waals surface area contributed by atoms with E-state index < -0.39 is 17.9 Å². The summed E-state index contributed by atoms with van der Waals surface area (Å²) >= 11 is 5.37. The van der Waals surface area contributed by atoms with Crippen LogP contribution in [0, 0.1) is 0 Å². The number of nitrogens with zero attached hydrogens (tertiary/aromatic N) is 1. The Morgan fingerprint density at radius 1 is 1.34 bits per heavy atom. The molecular weight excluding hydrogens is 394 g/mol. The highest BCUT2D eigenvalue weighted by Gasteiger charge is 2.34. The molecule has 0 aromatic heterocycles. The lowest BCUT2D eigenvalue weighted by atomic mass is 10.1. The van der Waals surface area contributed by atoms with Crippen LogP contribution in [0.5, 0.6) is 5.75 Å². The van der Waals surface area contributed by atoms with E-state index in [9.17, 15) is 14.4 Å². The molecule has 1 fully saturated rings. The summed E-state index contributed by atoms with van der Waals surface area (Å²) in [7, 11) is 0. The molecule has 0 bridgehead atoms. The predicted molar refractivity (Wildman–Crippen MR) is 112 cm³/mol. The molecule has 1 saturated heterocycles. The highest BCUT2D eigenvalue weighted by Crippen LogP contribution is 2.19. The number of para-hydroxylation sites is 1. The second kappa shape index (κ2) is 10.8. The van der Waals surface area contributed by atoms with Gasteiger partial charge < -0.3 is 19.7 Å². The SMILES string of the molecule is CCCOc1ccccc1C(=O)NC(=S)N1CCNC(=O)C1CC(=O)OC(C)C. The normalized spacial score (nSPS) is 16.2. The quantitative estimate of drug-likeness (QED) is 0.510. The smallest absolute Gasteiger partial charge is 0.308 e. The molecule has 1 aromatic carbocycles. The lowest BCUT2D eigenvalue weighted by Gasteiger charge is -2.36. The van der Waals surface area contributed by atoms with Gasteiger partial charge in [0.1, 0.15) is 11.8 Å². The highest BCUT2D eigenvalue weighted by molar-refractivity contribution is 7.80. The topological polar surface area (TPSA) is 97.0 Å². The molecule has 2 amide bonds. The Morgan fingerprint density at radius 3 is 2.76 bits per heavy atom. The number of carbonyl (C=O) groups excluding carboxylic acids is 3. The van der Waals surface area contributed by atoms with Crippen molar-refractivity contribution in [3.63, 3.8) is 0 Å². The Balaban J connectivity index is 2.10. The van der Waals surface area contributed by atoms with Gasteiger partial charge in [-0.1, -0.05) is 19.1 Å². The standard InChI is InChI=1S/C20H27N3O5S/c1-4-11-27-16-8-6-5-7-14(16)18(25)22-20(29)23-10-9-21-19(26)15(23)12-17(24)28-13(2)3/h5-8,13,15H,4,9-12H2,1-3H3,(H,21,26)(H,22,25,29). The highest BCUT2D eigenvalue weighted by atomic mass is 32.1. The summed E-state index contributed by atoms with van der Waals surface area (Å²) in [6, 6.07) is 6.03. The lowest BCUT2D eigenvalue weighted by molar-refractivity contribution is -0.150. The van der Waals surface area contributed by atoms with Crippen molar-refractivity contribution < 1.29 is 23.9 Å². The molecule has 1 heterocycles. The maximum Gasteiger partial charge on any atom is 0.308 e. The molecule has 0 saturated carbocycles. The number of thiocarbonyl (C=S) groups is 1. The van der Waals surface area contributed by atoms with E-state index in [2.05, 4.69) is 10.6 Å². The summed E-state index contributed by atoms with van der Waals surface area (Å²) < 4.78 is 10.8. The monoisotopic (exact) mass is 421 g/mol. The van der Waals surface area contributed by atoms with Gasteiger partial charge in [0.25, 0.3) is 5.91 Å². The minimum Gasteiger partial charge on any atom is -0.493 e. The van der Waals surface area contributed by atoms with Crippen molar-refractivity contribution in [2.45, 2.75) is 45.8 Å². The molecule has 2 rings (SSSR count). The van der Waals surface area contributed by atoms with Crippen molar-refractivity contribution in [1.29, 1.82) is 0 Å². The third-order valence-corrected chi connectivity index (χ3v) is 4.47. The third-order valence-electron chi connectivity index (χ3n) is 4.13. The largest absolute Gasteiger partial charge is 0.493 e. The van der Waals surface area contributed by atoms with E-state index in [1.54, 1.807) is 43.0 Å². The van der Waals surface area contributed by atoms with Crippen LogP contribution in [0.4, 0.5) is 0 Å². The van der Waals surface area contributed by atoms with Crippen molar-refractivity contribution >= 4 is 35.1 Å². The number of esters is 1. The van der Waals surface area contributed by atoms with Gasteiger partial charge in [-0.05, 0) is 44.6 Å². The van der Waals surface area contributed by atoms with Crippen LogP contribution in [0.1, 0.15) is 44.0 Å². The van der Waals surface area contributed by atoms with Crippen LogP contribution in [-0.2, 0) is 14.3 Å². The van der Waals surface area contributed by atoms with Gasteiger partial charge in [-0.3, -0.25) is 19.7 Å². The molecular formula is C20H27N3O5S. The second-order valence-corrected chi connectivity index (χ2v) is 7.23. The number of rotatable bonds is 7. The Labute approximate surface area is 175 Å². The van der Waals surface area contributed by atoms with Crippen molar-refractivity contribution in [2.24, 2.45) is 0 Å². The first kappa shape index (κ1) is 22.6. The van der Waals surface area contributed by atoms with Crippen LogP contribution in [0.25, 0.3) is 0 Å². The molecule has 1 atom stereocenters. The summed E-state index contributed by atoms with van der Waals surface area (Å²) in [6.07, 6.45) is 0.371. The summed E-state index contributed by atoms with van der Waals surface area (Å²) in [6.45, 7) is 6.67. The minimum atomic E-state index is -0.839. The molecule has 9 heteroatoms. The Morgan fingerprint density at radius 2 is 2.07 bits per heavy atom. The maximum absolute atomic E-state index is 12.7. The van der Waals surface area contributed by atoms with Crippen LogP contribution in [0.2, 0.25) is 0 Å². The van der Waals surface area contributed by atoms with Gasteiger partial charge in [-0.15, -0.1) is 0 Å². The molecule has 0 aliphatic carbocycles. The fraction of sp³-hybridized carbons (Fsp3) is 0.500. The number of hydrogen-bond acceptors (Lipinski definition) is 6. The van der Waals surface area contributed by atoms with Crippen LogP contribution < -0.4 is 15.4 Å². The number of amides is 2. The molecule has 8 nitrogen and oxygen atoms in total. The summed E-state index contributed by atoms with van der Waals surface area (Å²) in [5.74, 6) is -0.806. The fourth-order valence-electron chi connectivity index (χ4n) is 2.86. The molecule has 2 N–H and O–H groups in total. The molecule has 1 aliphatic heterocycles. The number of piperazine rings is 1. The van der Waals surface area contributed by atoms with Gasteiger partial charge in [0.15, 0.2) is 5.11 Å². The van der Waals surface area contributed by atoms with Crippen molar-refractivity contribution in [2.75, 3.05) is 19.7 Å². The van der Waals surface area contributed by atoms with Gasteiger partial charge in [0.2, 0.25) is 5.91 Å². The average Bonchev–Trinajstić information content (AvgIpc) is 2.67. The Hall–Kier alpha value is -2.68. The fourth-order valence-corrected chi connectivity index (χ4v) is 3.17. The Kier molecular flexibility index (Phi) is 8.38. The third kappa shape index (κ3) is 6.42. The molecule has 1 unspecified atom stereocenters. The average molecular weight is 422 g/mol. The van der Waals surface area contributed by atoms with Crippen LogP contribution in [0.3, 0.4) is 0 Å². The number of hydrogen-bond donors (Lipinski definition) is 2. The number of ether oxygens (including phenoxy) is 2. The molecule has 1 aliphatic rings. The first-order chi connectivity index (χ1) is 13.8.